The summed E-state index contributed by atoms with van der Waals surface area (Å²) in [4.78, 5) is 23.6. The number of aromatic nitrogens is 2. The fourth-order valence-electron chi connectivity index (χ4n) is 2.25. The molecule has 2 aromatic rings. The van der Waals surface area contributed by atoms with Gasteiger partial charge in [0.05, 0.1) is 5.56 Å². The first-order chi connectivity index (χ1) is 10.5. The second-order valence-electron chi connectivity index (χ2n) is 5.08. The van der Waals surface area contributed by atoms with Gasteiger partial charge in [-0.05, 0) is 6.42 Å². The number of aliphatic carboxylic acids is 1. The maximum Gasteiger partial charge on any atom is 0.326 e. The minimum atomic E-state index is -1.03. The van der Waals surface area contributed by atoms with Gasteiger partial charge in [0.1, 0.15) is 11.7 Å². The molecule has 0 saturated carbocycles. The van der Waals surface area contributed by atoms with Crippen molar-refractivity contribution in [2.45, 2.75) is 25.8 Å². The molecule has 1 unspecified atom stereocenters. The van der Waals surface area contributed by atoms with Gasteiger partial charge in [0, 0.05) is 18.8 Å². The van der Waals surface area contributed by atoms with Crippen molar-refractivity contribution in [3.63, 3.8) is 0 Å². The van der Waals surface area contributed by atoms with Gasteiger partial charge in [0.25, 0.3) is 5.91 Å². The van der Waals surface area contributed by atoms with Crippen molar-refractivity contribution in [3.8, 4) is 11.3 Å². The highest BCUT2D eigenvalue weighted by Crippen LogP contribution is 2.21. The van der Waals surface area contributed by atoms with E-state index in [1.165, 1.54) is 0 Å². The average molecular weight is 301 g/mol. The van der Waals surface area contributed by atoms with Crippen LogP contribution in [0, 0.1) is 0 Å². The van der Waals surface area contributed by atoms with Crippen LogP contribution in [-0.4, -0.2) is 32.8 Å². The van der Waals surface area contributed by atoms with Crippen molar-refractivity contribution in [3.05, 3.63) is 42.1 Å². The zero-order valence-electron chi connectivity index (χ0n) is 12.6. The van der Waals surface area contributed by atoms with E-state index in [-0.39, 0.29) is 0 Å². The smallest absolute Gasteiger partial charge is 0.326 e. The van der Waals surface area contributed by atoms with E-state index in [0.717, 1.165) is 5.56 Å². The predicted octanol–water partition coefficient (Wildman–Crippen LogP) is 2.07. The Kier molecular flexibility index (Phi) is 4.93. The Bertz CT molecular complexity index is 665. The quantitative estimate of drug-likeness (QED) is 0.855. The molecule has 0 bridgehead atoms. The van der Waals surface area contributed by atoms with Crippen molar-refractivity contribution < 1.29 is 14.7 Å². The van der Waals surface area contributed by atoms with Crippen molar-refractivity contribution in [1.82, 2.24) is 15.1 Å². The maximum atomic E-state index is 12.4. The highest BCUT2D eigenvalue weighted by Gasteiger charge is 2.23. The summed E-state index contributed by atoms with van der Waals surface area (Å²) >= 11 is 0. The molecule has 0 radical (unpaired) electrons. The molecule has 1 atom stereocenters. The lowest BCUT2D eigenvalue weighted by Crippen LogP contribution is -2.40. The van der Waals surface area contributed by atoms with Crippen molar-refractivity contribution in [2.24, 2.45) is 7.05 Å². The van der Waals surface area contributed by atoms with Gasteiger partial charge in [-0.1, -0.05) is 43.7 Å². The molecule has 0 saturated heterocycles. The molecule has 0 aliphatic carbocycles. The maximum absolute atomic E-state index is 12.4. The zero-order valence-corrected chi connectivity index (χ0v) is 12.6. The third-order valence-electron chi connectivity index (χ3n) is 3.30. The standard InChI is InChI=1S/C16H19N3O3/c1-3-7-13(16(21)22)17-15(20)12-10-19(2)18-14(12)11-8-5-4-6-9-11/h4-6,8-10,13H,3,7H2,1-2H3,(H,17,20)(H,21,22). The molecule has 6 nitrogen and oxygen atoms in total. The van der Waals surface area contributed by atoms with Crippen LogP contribution in [0.4, 0.5) is 0 Å². The largest absolute Gasteiger partial charge is 0.480 e. The van der Waals surface area contributed by atoms with Crippen molar-refractivity contribution in [2.75, 3.05) is 0 Å². The van der Waals surface area contributed by atoms with Crippen LogP contribution in [0.25, 0.3) is 11.3 Å². The van der Waals surface area contributed by atoms with E-state index >= 15 is 0 Å². The number of hydrogen-bond donors (Lipinski definition) is 2. The Balaban J connectivity index is 2.29. The van der Waals surface area contributed by atoms with Crippen LogP contribution in [0.2, 0.25) is 0 Å². The highest BCUT2D eigenvalue weighted by molar-refractivity contribution is 6.01. The first-order valence-corrected chi connectivity index (χ1v) is 7.15. The van der Waals surface area contributed by atoms with E-state index in [4.69, 9.17) is 5.11 Å². The number of aryl methyl sites for hydroxylation is 1. The topological polar surface area (TPSA) is 84.2 Å². The number of hydrogen-bond acceptors (Lipinski definition) is 3. The van der Waals surface area contributed by atoms with Gasteiger partial charge in [-0.15, -0.1) is 0 Å². The van der Waals surface area contributed by atoms with E-state index < -0.39 is 17.9 Å². The van der Waals surface area contributed by atoms with Gasteiger partial charge in [-0.25, -0.2) is 4.79 Å². The fourth-order valence-corrected chi connectivity index (χ4v) is 2.25. The van der Waals surface area contributed by atoms with E-state index in [2.05, 4.69) is 10.4 Å². The molecule has 0 fully saturated rings. The number of carboxylic acids is 1. The third kappa shape index (κ3) is 3.52. The lowest BCUT2D eigenvalue weighted by Gasteiger charge is -2.13. The molecule has 1 aromatic carbocycles. The molecule has 116 valence electrons. The van der Waals surface area contributed by atoms with Crippen LogP contribution in [0.3, 0.4) is 0 Å². The molecular weight excluding hydrogens is 282 g/mol. The van der Waals surface area contributed by atoms with E-state index in [1.54, 1.807) is 17.9 Å². The van der Waals surface area contributed by atoms with Gasteiger partial charge in [0.2, 0.25) is 0 Å². The third-order valence-corrected chi connectivity index (χ3v) is 3.30. The number of nitrogens with zero attached hydrogens (tertiary/aromatic N) is 2. The summed E-state index contributed by atoms with van der Waals surface area (Å²) in [5, 5.41) is 16.0. The molecule has 1 amide bonds. The number of benzene rings is 1. The molecule has 2 N–H and O–H groups in total. The van der Waals surface area contributed by atoms with E-state index in [9.17, 15) is 9.59 Å². The Hall–Kier alpha value is -2.63. The Morgan fingerprint density at radius 3 is 2.59 bits per heavy atom. The number of amides is 1. The second kappa shape index (κ2) is 6.89. The van der Waals surface area contributed by atoms with Crippen LogP contribution in [0.1, 0.15) is 30.1 Å². The molecule has 2 rings (SSSR count). The summed E-state index contributed by atoms with van der Waals surface area (Å²) < 4.78 is 1.55. The first-order valence-electron chi connectivity index (χ1n) is 7.15. The Morgan fingerprint density at radius 2 is 2.00 bits per heavy atom. The minimum Gasteiger partial charge on any atom is -0.480 e. The summed E-state index contributed by atoms with van der Waals surface area (Å²) in [6.45, 7) is 1.88. The van der Waals surface area contributed by atoms with Gasteiger partial charge in [-0.2, -0.15) is 5.10 Å². The van der Waals surface area contributed by atoms with Crippen LogP contribution in [0.5, 0.6) is 0 Å². The summed E-state index contributed by atoms with van der Waals surface area (Å²) in [6, 6.07) is 8.44. The fraction of sp³-hybridized carbons (Fsp3) is 0.312. The van der Waals surface area contributed by atoms with Crippen LogP contribution in [-0.2, 0) is 11.8 Å². The molecular formula is C16H19N3O3. The number of carbonyl (C=O) groups excluding carboxylic acids is 1. The summed E-state index contributed by atoms with van der Waals surface area (Å²) in [5.74, 6) is -1.45. The van der Waals surface area contributed by atoms with Crippen molar-refractivity contribution >= 4 is 11.9 Å². The molecule has 22 heavy (non-hydrogen) atoms. The number of rotatable bonds is 6. The average Bonchev–Trinajstić information content (AvgIpc) is 2.89. The van der Waals surface area contributed by atoms with Gasteiger partial charge in [-0.3, -0.25) is 9.48 Å². The molecule has 0 spiro atoms. The summed E-state index contributed by atoms with van der Waals surface area (Å²) in [6.07, 6.45) is 2.67. The SMILES string of the molecule is CCCC(NC(=O)c1cn(C)nc1-c1ccccc1)C(=O)O. The zero-order chi connectivity index (χ0) is 16.1. The van der Waals surface area contributed by atoms with Crippen LogP contribution in [0.15, 0.2) is 36.5 Å². The molecule has 1 aromatic heterocycles. The lowest BCUT2D eigenvalue weighted by atomic mass is 10.1. The molecule has 0 aliphatic heterocycles. The van der Waals surface area contributed by atoms with Crippen LogP contribution < -0.4 is 5.32 Å². The summed E-state index contributed by atoms with van der Waals surface area (Å²) in [7, 11) is 1.73. The van der Waals surface area contributed by atoms with E-state index in [1.807, 2.05) is 37.3 Å². The highest BCUT2D eigenvalue weighted by atomic mass is 16.4. The number of carbonyl (C=O) groups is 2. The second-order valence-corrected chi connectivity index (χ2v) is 5.08. The monoisotopic (exact) mass is 301 g/mol. The lowest BCUT2D eigenvalue weighted by molar-refractivity contribution is -0.139. The minimum absolute atomic E-state index is 0.371. The number of carboxylic acid groups (broad SMARTS) is 1. The summed E-state index contributed by atoms with van der Waals surface area (Å²) in [5.41, 5.74) is 1.73. The van der Waals surface area contributed by atoms with Gasteiger partial charge >= 0.3 is 5.97 Å². The van der Waals surface area contributed by atoms with Gasteiger partial charge in [0.15, 0.2) is 0 Å². The Labute approximate surface area is 128 Å². The van der Waals surface area contributed by atoms with E-state index in [0.29, 0.717) is 24.1 Å². The Morgan fingerprint density at radius 1 is 1.32 bits per heavy atom. The molecule has 1 heterocycles. The predicted molar refractivity (Wildman–Crippen MR) is 82.4 cm³/mol. The molecule has 6 heteroatoms. The van der Waals surface area contributed by atoms with Crippen molar-refractivity contribution in [1.29, 1.82) is 0 Å². The van der Waals surface area contributed by atoms with Crippen LogP contribution >= 0.6 is 0 Å². The molecule has 0 aliphatic rings. The first kappa shape index (κ1) is 15.8. The number of nitrogens with one attached hydrogen (secondary N) is 1. The normalized spacial score (nSPS) is 11.9. The van der Waals surface area contributed by atoms with Gasteiger partial charge < -0.3 is 10.4 Å².